The normalized spacial score (nSPS) is 11.0. The molecule has 90 valence electrons. The molecule has 1 aromatic heterocycles. The lowest BCUT2D eigenvalue weighted by Gasteiger charge is -2.01. The highest BCUT2D eigenvalue weighted by Crippen LogP contribution is 2.30. The van der Waals surface area contributed by atoms with Crippen LogP contribution in [0.25, 0.3) is 22.4 Å². The summed E-state index contributed by atoms with van der Waals surface area (Å²) in [5, 5.41) is 0. The number of para-hydroxylation sites is 1. The minimum Gasteiger partial charge on any atom is -0.399 e. The van der Waals surface area contributed by atoms with E-state index >= 15 is 0 Å². The fourth-order valence-corrected chi connectivity index (χ4v) is 2.28. The molecular weight excluding hydrogens is 297 g/mol. The van der Waals surface area contributed by atoms with E-state index in [-0.39, 0.29) is 5.82 Å². The van der Waals surface area contributed by atoms with Gasteiger partial charge in [0.2, 0.25) is 0 Å². The predicted molar refractivity (Wildman–Crippen MR) is 73.6 cm³/mol. The number of nitrogens with one attached hydrogen (secondary N) is 1. The molecule has 2 aromatic carbocycles. The molecule has 0 atom stereocenters. The maximum atomic E-state index is 13.6. The number of H-pyrrole nitrogens is 1. The predicted octanol–water partition coefficient (Wildman–Crippen LogP) is 3.71. The van der Waals surface area contributed by atoms with Gasteiger partial charge in [-0.3, -0.25) is 0 Å². The average molecular weight is 306 g/mol. The Hall–Kier alpha value is -1.88. The van der Waals surface area contributed by atoms with Crippen LogP contribution in [0.15, 0.2) is 40.9 Å². The van der Waals surface area contributed by atoms with E-state index in [4.69, 9.17) is 5.73 Å². The third-order valence-corrected chi connectivity index (χ3v) is 3.40. The highest BCUT2D eigenvalue weighted by atomic mass is 79.9. The lowest BCUT2D eigenvalue weighted by Crippen LogP contribution is -1.88. The number of fused-ring (bicyclic) bond motifs is 1. The van der Waals surface area contributed by atoms with Crippen molar-refractivity contribution in [2.45, 2.75) is 0 Å². The summed E-state index contributed by atoms with van der Waals surface area (Å²) in [5.41, 5.74) is 8.20. The number of nitrogen functional groups attached to an aromatic ring is 1. The summed E-state index contributed by atoms with van der Waals surface area (Å²) < 4.78 is 14.4. The van der Waals surface area contributed by atoms with Crippen molar-refractivity contribution in [3.63, 3.8) is 0 Å². The van der Waals surface area contributed by atoms with Gasteiger partial charge in [0.05, 0.1) is 5.52 Å². The first-order chi connectivity index (χ1) is 8.65. The van der Waals surface area contributed by atoms with Gasteiger partial charge in [-0.05, 0) is 30.3 Å². The molecular formula is C13H9BrFN3. The number of hydrogen-bond acceptors (Lipinski definition) is 2. The van der Waals surface area contributed by atoms with Crippen LogP contribution in [0.3, 0.4) is 0 Å². The SMILES string of the molecule is Nc1ccc(Br)c(-c2nc3c(F)cccc3[nH]2)c1. The second-order valence-corrected chi connectivity index (χ2v) is 4.82. The molecule has 5 heteroatoms. The molecule has 0 aliphatic heterocycles. The molecule has 0 spiro atoms. The number of halogens is 2. The highest BCUT2D eigenvalue weighted by Gasteiger charge is 2.11. The summed E-state index contributed by atoms with van der Waals surface area (Å²) in [6.45, 7) is 0. The zero-order chi connectivity index (χ0) is 12.7. The maximum absolute atomic E-state index is 13.6. The fraction of sp³-hybridized carbons (Fsp3) is 0. The van der Waals surface area contributed by atoms with Crippen LogP contribution in [0, 0.1) is 5.82 Å². The Morgan fingerprint density at radius 1 is 1.22 bits per heavy atom. The third-order valence-electron chi connectivity index (χ3n) is 2.71. The summed E-state index contributed by atoms with van der Waals surface area (Å²) in [4.78, 5) is 7.35. The van der Waals surface area contributed by atoms with Crippen LogP contribution in [0.4, 0.5) is 10.1 Å². The molecule has 0 saturated heterocycles. The van der Waals surface area contributed by atoms with Crippen LogP contribution >= 0.6 is 15.9 Å². The Kier molecular flexibility index (Phi) is 2.56. The molecule has 3 nitrogen and oxygen atoms in total. The molecule has 0 aliphatic carbocycles. The summed E-state index contributed by atoms with van der Waals surface area (Å²) in [6.07, 6.45) is 0. The largest absolute Gasteiger partial charge is 0.399 e. The Morgan fingerprint density at radius 3 is 2.83 bits per heavy atom. The zero-order valence-electron chi connectivity index (χ0n) is 9.24. The first-order valence-electron chi connectivity index (χ1n) is 5.35. The van der Waals surface area contributed by atoms with Crippen molar-refractivity contribution in [3.05, 3.63) is 46.7 Å². The van der Waals surface area contributed by atoms with E-state index < -0.39 is 0 Å². The lowest BCUT2D eigenvalue weighted by molar-refractivity contribution is 0.637. The van der Waals surface area contributed by atoms with Gasteiger partial charge >= 0.3 is 0 Å². The molecule has 0 bridgehead atoms. The molecule has 3 N–H and O–H groups in total. The van der Waals surface area contributed by atoms with Gasteiger partial charge in [0, 0.05) is 15.7 Å². The molecule has 0 fully saturated rings. The molecule has 1 heterocycles. The van der Waals surface area contributed by atoms with Gasteiger partial charge in [-0.15, -0.1) is 0 Å². The molecule has 0 aliphatic rings. The Bertz CT molecular complexity index is 736. The van der Waals surface area contributed by atoms with E-state index in [1.807, 2.05) is 6.07 Å². The molecule has 0 unspecified atom stereocenters. The number of rotatable bonds is 1. The molecule has 0 amide bonds. The summed E-state index contributed by atoms with van der Waals surface area (Å²) in [5.74, 6) is 0.254. The van der Waals surface area contributed by atoms with Crippen molar-refractivity contribution in [1.82, 2.24) is 9.97 Å². The first kappa shape index (κ1) is 11.2. The number of aromatic amines is 1. The number of imidazole rings is 1. The molecule has 0 radical (unpaired) electrons. The second-order valence-electron chi connectivity index (χ2n) is 3.96. The van der Waals surface area contributed by atoms with Crippen LogP contribution in [-0.4, -0.2) is 9.97 Å². The Labute approximate surface area is 111 Å². The smallest absolute Gasteiger partial charge is 0.151 e. The molecule has 3 aromatic rings. The maximum Gasteiger partial charge on any atom is 0.151 e. The zero-order valence-corrected chi connectivity index (χ0v) is 10.8. The first-order valence-corrected chi connectivity index (χ1v) is 6.14. The summed E-state index contributed by atoms with van der Waals surface area (Å²) >= 11 is 3.43. The van der Waals surface area contributed by atoms with E-state index in [0.29, 0.717) is 22.5 Å². The van der Waals surface area contributed by atoms with Gasteiger partial charge in [0.1, 0.15) is 11.3 Å². The van der Waals surface area contributed by atoms with Gasteiger partial charge < -0.3 is 10.7 Å². The van der Waals surface area contributed by atoms with Crippen molar-refractivity contribution >= 4 is 32.7 Å². The van der Waals surface area contributed by atoms with Crippen LogP contribution in [0.2, 0.25) is 0 Å². The highest BCUT2D eigenvalue weighted by molar-refractivity contribution is 9.10. The van der Waals surface area contributed by atoms with Gasteiger partial charge in [0.15, 0.2) is 5.82 Å². The van der Waals surface area contributed by atoms with E-state index in [9.17, 15) is 4.39 Å². The minimum absolute atomic E-state index is 0.335. The van der Waals surface area contributed by atoms with Gasteiger partial charge in [-0.1, -0.05) is 22.0 Å². The number of benzene rings is 2. The number of aromatic nitrogens is 2. The molecule has 0 saturated carbocycles. The van der Waals surface area contributed by atoms with E-state index in [0.717, 1.165) is 10.0 Å². The summed E-state index contributed by atoms with van der Waals surface area (Å²) in [6, 6.07) is 10.2. The van der Waals surface area contributed by atoms with Gasteiger partial charge in [0.25, 0.3) is 0 Å². The molecule has 18 heavy (non-hydrogen) atoms. The average Bonchev–Trinajstić information content (AvgIpc) is 2.77. The monoisotopic (exact) mass is 305 g/mol. The number of hydrogen-bond donors (Lipinski definition) is 2. The van der Waals surface area contributed by atoms with Crippen molar-refractivity contribution < 1.29 is 4.39 Å². The van der Waals surface area contributed by atoms with Crippen LogP contribution in [0.5, 0.6) is 0 Å². The van der Waals surface area contributed by atoms with Crippen molar-refractivity contribution in [2.75, 3.05) is 5.73 Å². The molecule has 3 rings (SSSR count). The third kappa shape index (κ3) is 1.76. The quantitative estimate of drug-likeness (QED) is 0.673. The minimum atomic E-state index is -0.338. The topological polar surface area (TPSA) is 54.7 Å². The standard InChI is InChI=1S/C13H9BrFN3/c14-9-5-4-7(16)6-8(9)13-17-11-3-1-2-10(15)12(11)18-13/h1-6H,16H2,(H,17,18). The van der Waals surface area contributed by atoms with Crippen molar-refractivity contribution in [3.8, 4) is 11.4 Å². The summed E-state index contributed by atoms with van der Waals surface area (Å²) in [7, 11) is 0. The van der Waals surface area contributed by atoms with E-state index in [2.05, 4.69) is 25.9 Å². The number of anilines is 1. The van der Waals surface area contributed by atoms with Crippen LogP contribution in [0.1, 0.15) is 0 Å². The Balaban J connectivity index is 2.26. The van der Waals surface area contributed by atoms with E-state index in [1.165, 1.54) is 6.07 Å². The van der Waals surface area contributed by atoms with Crippen LogP contribution in [-0.2, 0) is 0 Å². The Morgan fingerprint density at radius 2 is 2.06 bits per heavy atom. The number of nitrogens with two attached hydrogens (primary N) is 1. The van der Waals surface area contributed by atoms with Crippen LogP contribution < -0.4 is 5.73 Å². The van der Waals surface area contributed by atoms with Gasteiger partial charge in [-0.2, -0.15) is 0 Å². The number of nitrogens with zero attached hydrogens (tertiary/aromatic N) is 1. The second kappa shape index (κ2) is 4.10. The van der Waals surface area contributed by atoms with Crippen molar-refractivity contribution in [1.29, 1.82) is 0 Å². The van der Waals surface area contributed by atoms with Gasteiger partial charge in [-0.25, -0.2) is 9.37 Å². The fourth-order valence-electron chi connectivity index (χ4n) is 1.85. The van der Waals surface area contributed by atoms with Crippen molar-refractivity contribution in [2.24, 2.45) is 0 Å². The lowest BCUT2D eigenvalue weighted by atomic mass is 10.2. The van der Waals surface area contributed by atoms with E-state index in [1.54, 1.807) is 24.3 Å².